The normalized spacial score (nSPS) is 14.5. The Hall–Kier alpha value is -4.58. The Bertz CT molecular complexity index is 1870. The summed E-state index contributed by atoms with van der Waals surface area (Å²) < 4.78 is 18.8. The Labute approximate surface area is 252 Å². The molecular formula is C33H27ClN2O5S. The maximum Gasteiger partial charge on any atom is 0.338 e. The summed E-state index contributed by atoms with van der Waals surface area (Å²) in [5.41, 5.74) is 2.60. The van der Waals surface area contributed by atoms with E-state index in [9.17, 15) is 9.59 Å². The minimum Gasteiger partial charge on any atom is -0.490 e. The van der Waals surface area contributed by atoms with Crippen molar-refractivity contribution in [1.82, 2.24) is 4.57 Å². The Kier molecular flexibility index (Phi) is 8.91. The van der Waals surface area contributed by atoms with Crippen molar-refractivity contribution < 1.29 is 19.0 Å². The number of fused-ring (bicyclic) bond motifs is 1. The Morgan fingerprint density at radius 3 is 2.50 bits per heavy atom. The quantitative estimate of drug-likeness (QED) is 0.200. The van der Waals surface area contributed by atoms with Gasteiger partial charge in [0.05, 0.1) is 35.1 Å². The van der Waals surface area contributed by atoms with Crippen molar-refractivity contribution in [2.24, 2.45) is 4.99 Å². The van der Waals surface area contributed by atoms with Gasteiger partial charge in [-0.3, -0.25) is 9.36 Å². The van der Waals surface area contributed by atoms with Gasteiger partial charge in [-0.2, -0.15) is 0 Å². The molecule has 2 heterocycles. The second-order valence-electron chi connectivity index (χ2n) is 9.12. The van der Waals surface area contributed by atoms with Crippen molar-refractivity contribution in [3.05, 3.63) is 120 Å². The molecule has 0 bridgehead atoms. The molecule has 0 saturated heterocycles. The lowest BCUT2D eigenvalue weighted by Crippen LogP contribution is -2.40. The second-order valence-corrected chi connectivity index (χ2v) is 10.6. The van der Waals surface area contributed by atoms with Crippen molar-refractivity contribution in [1.29, 1.82) is 0 Å². The van der Waals surface area contributed by atoms with Gasteiger partial charge in [0.2, 0.25) is 0 Å². The number of esters is 1. The predicted octanol–water partition coefficient (Wildman–Crippen LogP) is 5.00. The summed E-state index contributed by atoms with van der Waals surface area (Å²) in [7, 11) is 0. The van der Waals surface area contributed by atoms with E-state index >= 15 is 0 Å². The average molecular weight is 599 g/mol. The van der Waals surface area contributed by atoms with Gasteiger partial charge in [-0.25, -0.2) is 9.79 Å². The first-order chi connectivity index (χ1) is 20.4. The average Bonchev–Trinajstić information content (AvgIpc) is 3.31. The maximum atomic E-state index is 14.1. The van der Waals surface area contributed by atoms with E-state index < -0.39 is 12.0 Å². The molecule has 0 fully saturated rings. The zero-order valence-electron chi connectivity index (χ0n) is 23.0. The number of terminal acetylenes is 1. The zero-order valence-corrected chi connectivity index (χ0v) is 24.6. The molecule has 0 aliphatic carbocycles. The molecule has 1 aliphatic heterocycles. The SMILES string of the molecule is C#CCOc1ccc(/C=c2\sc3n(c2=O)[C@@H](c2ccc(Cl)cc2)C(C(=O)OCC)=C(c2ccccc2)N=3)cc1OCC. The number of ether oxygens (including phenoxy) is 3. The van der Waals surface area contributed by atoms with Crippen LogP contribution in [0, 0.1) is 12.3 Å². The van der Waals surface area contributed by atoms with Crippen LogP contribution in [0.3, 0.4) is 0 Å². The summed E-state index contributed by atoms with van der Waals surface area (Å²) in [4.78, 5) is 32.9. The van der Waals surface area contributed by atoms with Crippen LogP contribution in [0.5, 0.6) is 11.5 Å². The molecule has 0 amide bonds. The molecule has 0 N–H and O–H groups in total. The fraction of sp³-hybridized carbons (Fsp3) is 0.182. The summed E-state index contributed by atoms with van der Waals surface area (Å²) in [6.45, 7) is 4.32. The summed E-state index contributed by atoms with van der Waals surface area (Å²) in [6, 6.07) is 21.1. The number of hydrogen-bond donors (Lipinski definition) is 0. The summed E-state index contributed by atoms with van der Waals surface area (Å²) >= 11 is 7.44. The van der Waals surface area contributed by atoms with Gasteiger partial charge in [0, 0.05) is 10.6 Å². The molecule has 1 aromatic heterocycles. The number of benzene rings is 3. The second kappa shape index (κ2) is 12.9. The third-order valence-corrected chi connectivity index (χ3v) is 7.67. The van der Waals surface area contributed by atoms with E-state index in [1.54, 1.807) is 54.0 Å². The molecule has 7 nitrogen and oxygen atoms in total. The lowest BCUT2D eigenvalue weighted by Gasteiger charge is -2.25. The van der Waals surface area contributed by atoms with Crippen LogP contribution in [0.25, 0.3) is 11.8 Å². The van der Waals surface area contributed by atoms with Gasteiger partial charge >= 0.3 is 5.97 Å². The minimum atomic E-state index is -0.784. The van der Waals surface area contributed by atoms with Crippen molar-refractivity contribution in [2.75, 3.05) is 19.8 Å². The van der Waals surface area contributed by atoms with Crippen LogP contribution in [-0.2, 0) is 9.53 Å². The number of carbonyl (C=O) groups is 1. The number of rotatable bonds is 9. The van der Waals surface area contributed by atoms with Gasteiger partial charge in [0.1, 0.15) is 6.61 Å². The van der Waals surface area contributed by atoms with Crippen LogP contribution in [-0.4, -0.2) is 30.4 Å². The van der Waals surface area contributed by atoms with E-state index in [0.29, 0.717) is 43.7 Å². The number of nitrogens with zero attached hydrogens (tertiary/aromatic N) is 2. The van der Waals surface area contributed by atoms with Crippen LogP contribution in [0.1, 0.15) is 36.6 Å². The smallest absolute Gasteiger partial charge is 0.338 e. The number of carbonyl (C=O) groups excluding carboxylic acids is 1. The van der Waals surface area contributed by atoms with Crippen molar-refractivity contribution in [2.45, 2.75) is 19.9 Å². The molecule has 0 unspecified atom stereocenters. The van der Waals surface area contributed by atoms with Crippen LogP contribution >= 0.6 is 22.9 Å². The molecule has 5 rings (SSSR count). The van der Waals surface area contributed by atoms with Crippen molar-refractivity contribution in [3.63, 3.8) is 0 Å². The minimum absolute atomic E-state index is 0.106. The lowest BCUT2D eigenvalue weighted by molar-refractivity contribution is -0.138. The Morgan fingerprint density at radius 2 is 1.81 bits per heavy atom. The molecule has 3 aromatic carbocycles. The highest BCUT2D eigenvalue weighted by molar-refractivity contribution is 7.07. The van der Waals surface area contributed by atoms with E-state index in [0.717, 1.165) is 11.1 Å². The third kappa shape index (κ3) is 5.89. The van der Waals surface area contributed by atoms with Gasteiger partial charge in [0.15, 0.2) is 16.3 Å². The predicted molar refractivity (Wildman–Crippen MR) is 164 cm³/mol. The zero-order chi connectivity index (χ0) is 29.6. The molecule has 0 spiro atoms. The van der Waals surface area contributed by atoms with E-state index in [1.807, 2.05) is 43.3 Å². The van der Waals surface area contributed by atoms with Gasteiger partial charge in [-0.15, -0.1) is 6.42 Å². The third-order valence-electron chi connectivity index (χ3n) is 6.44. The highest BCUT2D eigenvalue weighted by atomic mass is 35.5. The fourth-order valence-electron chi connectivity index (χ4n) is 4.67. The standard InChI is InChI=1S/C33H27ClN2O5S/c1-4-18-41-25-17-12-21(19-26(25)39-5-2)20-27-31(37)36-30(23-13-15-24(34)16-14-23)28(32(38)40-6-3)29(35-33(36)42-27)22-10-8-7-9-11-22/h1,7-17,19-20,30H,5-6,18H2,2-3H3/b27-20-/t30-/m0/s1. The number of hydrogen-bond acceptors (Lipinski definition) is 7. The monoisotopic (exact) mass is 598 g/mol. The summed E-state index contributed by atoms with van der Waals surface area (Å²) in [5.74, 6) is 2.94. The first-order valence-electron chi connectivity index (χ1n) is 13.3. The summed E-state index contributed by atoms with van der Waals surface area (Å²) in [5, 5.41) is 0.538. The van der Waals surface area contributed by atoms with Crippen molar-refractivity contribution in [3.8, 4) is 23.8 Å². The van der Waals surface area contributed by atoms with E-state index in [1.165, 1.54) is 11.3 Å². The summed E-state index contributed by atoms with van der Waals surface area (Å²) in [6.07, 6.45) is 7.11. The van der Waals surface area contributed by atoms with Gasteiger partial charge < -0.3 is 14.2 Å². The van der Waals surface area contributed by atoms with Crippen LogP contribution in [0.2, 0.25) is 5.02 Å². The van der Waals surface area contributed by atoms with Crippen LogP contribution < -0.4 is 24.4 Å². The van der Waals surface area contributed by atoms with E-state index in [4.69, 9.17) is 37.2 Å². The molecule has 212 valence electrons. The highest BCUT2D eigenvalue weighted by Crippen LogP contribution is 2.35. The maximum absolute atomic E-state index is 14.1. The van der Waals surface area contributed by atoms with Crippen LogP contribution in [0.4, 0.5) is 0 Å². The van der Waals surface area contributed by atoms with Gasteiger partial charge in [-0.05, 0) is 55.3 Å². The molecule has 1 aliphatic rings. The topological polar surface area (TPSA) is 79.1 Å². The fourth-order valence-corrected chi connectivity index (χ4v) is 5.80. The van der Waals surface area contributed by atoms with Crippen LogP contribution in [0.15, 0.2) is 88.2 Å². The first-order valence-corrected chi connectivity index (χ1v) is 14.5. The molecule has 9 heteroatoms. The molecule has 0 radical (unpaired) electrons. The highest BCUT2D eigenvalue weighted by Gasteiger charge is 2.35. The molecule has 42 heavy (non-hydrogen) atoms. The Morgan fingerprint density at radius 1 is 1.05 bits per heavy atom. The lowest BCUT2D eigenvalue weighted by atomic mass is 9.93. The largest absolute Gasteiger partial charge is 0.490 e. The Balaban J connectivity index is 1.74. The number of halogens is 1. The van der Waals surface area contributed by atoms with Gasteiger partial charge in [0.25, 0.3) is 5.56 Å². The van der Waals surface area contributed by atoms with E-state index in [2.05, 4.69) is 5.92 Å². The molecule has 1 atom stereocenters. The number of aromatic nitrogens is 1. The van der Waals surface area contributed by atoms with Gasteiger partial charge in [-0.1, -0.05) is 77.4 Å². The molecular weight excluding hydrogens is 572 g/mol. The van der Waals surface area contributed by atoms with Crippen molar-refractivity contribution >= 4 is 40.7 Å². The number of thiazole rings is 1. The first kappa shape index (κ1) is 28.9. The van der Waals surface area contributed by atoms with E-state index in [-0.39, 0.29) is 24.3 Å². The molecule has 4 aromatic rings. The molecule has 0 saturated carbocycles.